The number of aliphatic hydroxyl groups excluding tert-OH is 4. The summed E-state index contributed by atoms with van der Waals surface area (Å²) in [4.78, 5) is 41.5. The van der Waals surface area contributed by atoms with E-state index in [0.29, 0.717) is 18.1 Å². The van der Waals surface area contributed by atoms with Gasteiger partial charge in [-0.2, -0.15) is 0 Å². The predicted molar refractivity (Wildman–Crippen MR) is 194 cm³/mol. The molecule has 2 heterocycles. The van der Waals surface area contributed by atoms with Crippen LogP contribution in [-0.2, 0) is 28.1 Å². The Morgan fingerprint density at radius 2 is 1.09 bits per heavy atom. The Morgan fingerprint density at radius 3 is 1.54 bits per heavy atom. The maximum absolute atomic E-state index is 13.9. The van der Waals surface area contributed by atoms with Gasteiger partial charge in [0.15, 0.2) is 26.6 Å². The lowest BCUT2D eigenvalue weighted by Gasteiger charge is -2.54. The van der Waals surface area contributed by atoms with Crippen LogP contribution in [0.5, 0.6) is 0 Å². The number of hydrogen-bond acceptors (Lipinski definition) is 14. The van der Waals surface area contributed by atoms with Gasteiger partial charge < -0.3 is 53.6 Å². The minimum Gasteiger partial charge on any atom is -0.452 e. The normalized spacial score (nSPS) is 29.9. The summed E-state index contributed by atoms with van der Waals surface area (Å²) in [6.45, 7) is 4.78. The second-order valence-electron chi connectivity index (χ2n) is 13.4. The molecule has 0 aliphatic carbocycles. The Bertz CT molecular complexity index is 1670. The number of benzene rings is 3. The molecule has 3 aromatic carbocycles. The molecule has 2 aliphatic rings. The van der Waals surface area contributed by atoms with E-state index in [1.54, 1.807) is 54.6 Å². The Labute approximate surface area is 314 Å². The molecule has 1 unspecified atom stereocenters. The van der Waals surface area contributed by atoms with Gasteiger partial charge in [0.25, 0.3) is 0 Å². The summed E-state index contributed by atoms with van der Waals surface area (Å²) in [6.07, 6.45) is -16.6. The van der Waals surface area contributed by atoms with Crippen molar-refractivity contribution in [1.29, 1.82) is 0 Å². The fourth-order valence-corrected chi connectivity index (χ4v) is 9.46. The van der Waals surface area contributed by atoms with Gasteiger partial charge in [0.1, 0.15) is 36.6 Å². The molecule has 5 rings (SSSR count). The van der Waals surface area contributed by atoms with Gasteiger partial charge in [0.05, 0.1) is 29.9 Å². The van der Waals surface area contributed by atoms with Gasteiger partial charge in [0, 0.05) is 0 Å². The molecule has 0 saturated carbocycles. The van der Waals surface area contributed by atoms with Crippen LogP contribution >= 0.6 is 0 Å². The van der Waals surface area contributed by atoms with Gasteiger partial charge in [-0.3, -0.25) is 0 Å². The minimum absolute atomic E-state index is 0.00898. The number of carbonyl (C=O) groups excluding carboxylic acids is 3. The van der Waals surface area contributed by atoms with Crippen LogP contribution in [0.15, 0.2) is 91.0 Å². The van der Waals surface area contributed by atoms with Crippen molar-refractivity contribution in [3.63, 3.8) is 0 Å². The third-order valence-electron chi connectivity index (χ3n) is 10.3. The van der Waals surface area contributed by atoms with Gasteiger partial charge in [-0.25, -0.2) is 14.4 Å². The van der Waals surface area contributed by atoms with E-state index in [1.165, 1.54) is 36.4 Å². The van der Waals surface area contributed by atoms with Gasteiger partial charge in [-0.1, -0.05) is 75.4 Å². The smallest absolute Gasteiger partial charge is 0.338 e. The fourth-order valence-electron chi connectivity index (χ4n) is 6.82. The standard InChI is InChI=1S/C39H48O14Si/c1-4-54(5-2,6-3)48-23-28-32(50-36(44)24-16-10-7-11-17-24)33(51-37(45)25-18-12-8-13-19-25)35(52-38(46)26-20-14-9-15-21-26)39(47,53-28)34-31(43)30(42)29(41)27(22-40)49-34/h7-21,27-35,40-43,47H,4-6,22-23H2,1-3H3/t27-,28-,29-,30+,31-,32-,33+,34?,35-,39-/m1/s1. The zero-order valence-electron chi connectivity index (χ0n) is 30.3. The minimum atomic E-state index is -3.02. The molecule has 5 N–H and O–H groups in total. The Morgan fingerprint density at radius 1 is 0.648 bits per heavy atom. The molecule has 3 aromatic rings. The van der Waals surface area contributed by atoms with Crippen molar-refractivity contribution < 1.29 is 68.0 Å². The van der Waals surface area contributed by atoms with Crippen LogP contribution in [0.3, 0.4) is 0 Å². The molecule has 0 amide bonds. The van der Waals surface area contributed by atoms with E-state index < -0.39 is 93.6 Å². The molecule has 54 heavy (non-hydrogen) atoms. The second kappa shape index (κ2) is 18.1. The molecule has 0 radical (unpaired) electrons. The second-order valence-corrected chi connectivity index (χ2v) is 18.2. The van der Waals surface area contributed by atoms with Crippen molar-refractivity contribution in [1.82, 2.24) is 0 Å². The van der Waals surface area contributed by atoms with Crippen LogP contribution in [0, 0.1) is 0 Å². The van der Waals surface area contributed by atoms with Crippen LogP contribution < -0.4 is 0 Å². The third-order valence-corrected chi connectivity index (χ3v) is 14.9. The first-order valence-electron chi connectivity index (χ1n) is 18.0. The van der Waals surface area contributed by atoms with Crippen molar-refractivity contribution in [2.24, 2.45) is 0 Å². The number of carbonyl (C=O) groups is 3. The first-order chi connectivity index (χ1) is 25.9. The van der Waals surface area contributed by atoms with E-state index in [0.717, 1.165) is 0 Å². The van der Waals surface area contributed by atoms with Crippen molar-refractivity contribution >= 4 is 26.2 Å². The lowest BCUT2D eigenvalue weighted by Crippen LogP contribution is -2.76. The average Bonchev–Trinajstić information content (AvgIpc) is 3.21. The van der Waals surface area contributed by atoms with E-state index in [1.807, 2.05) is 20.8 Å². The van der Waals surface area contributed by atoms with Crippen LogP contribution in [0.25, 0.3) is 0 Å². The Kier molecular flexibility index (Phi) is 13.8. The number of ether oxygens (including phenoxy) is 5. The first-order valence-corrected chi connectivity index (χ1v) is 20.6. The van der Waals surface area contributed by atoms with Crippen molar-refractivity contribution in [3.8, 4) is 0 Å². The highest BCUT2D eigenvalue weighted by atomic mass is 28.4. The van der Waals surface area contributed by atoms with Crippen LogP contribution in [-0.4, -0.2) is 126 Å². The molecule has 15 heteroatoms. The molecule has 2 fully saturated rings. The topological polar surface area (TPSA) is 208 Å². The van der Waals surface area contributed by atoms with Crippen LogP contribution in [0.1, 0.15) is 51.8 Å². The summed E-state index contributed by atoms with van der Waals surface area (Å²) in [5.74, 6) is -5.88. The van der Waals surface area contributed by atoms with Gasteiger partial charge in [0.2, 0.25) is 5.79 Å². The highest BCUT2D eigenvalue weighted by molar-refractivity contribution is 6.73. The lowest BCUT2D eigenvalue weighted by molar-refractivity contribution is -0.403. The molecule has 2 aliphatic heterocycles. The van der Waals surface area contributed by atoms with E-state index in [9.17, 15) is 39.9 Å². The first kappa shape index (κ1) is 41.1. The molecule has 10 atom stereocenters. The zero-order chi connectivity index (χ0) is 39.0. The molecule has 14 nitrogen and oxygen atoms in total. The number of hydrogen-bond donors (Lipinski definition) is 5. The molecular weight excluding hydrogens is 721 g/mol. The summed E-state index contributed by atoms with van der Waals surface area (Å²) in [7, 11) is -2.45. The van der Waals surface area contributed by atoms with E-state index in [2.05, 4.69) is 0 Å². The quantitative estimate of drug-likeness (QED) is 0.0909. The maximum Gasteiger partial charge on any atom is 0.338 e. The monoisotopic (exact) mass is 768 g/mol. The van der Waals surface area contributed by atoms with Crippen molar-refractivity contribution in [3.05, 3.63) is 108 Å². The Balaban J connectivity index is 1.69. The van der Waals surface area contributed by atoms with Crippen LogP contribution in [0.2, 0.25) is 18.1 Å². The van der Waals surface area contributed by atoms with E-state index in [4.69, 9.17) is 28.1 Å². The lowest BCUT2D eigenvalue weighted by atomic mass is 9.82. The molecule has 2 saturated heterocycles. The van der Waals surface area contributed by atoms with Crippen molar-refractivity contribution in [2.45, 2.75) is 99.6 Å². The highest BCUT2D eigenvalue weighted by Crippen LogP contribution is 2.42. The van der Waals surface area contributed by atoms with E-state index in [-0.39, 0.29) is 23.3 Å². The summed E-state index contributed by atoms with van der Waals surface area (Å²) in [5.41, 5.74) is 0.191. The molecule has 0 bridgehead atoms. The summed E-state index contributed by atoms with van der Waals surface area (Å²) in [6, 6.07) is 25.5. The maximum atomic E-state index is 13.9. The fraction of sp³-hybridized carbons (Fsp3) is 0.462. The largest absolute Gasteiger partial charge is 0.452 e. The summed E-state index contributed by atoms with van der Waals surface area (Å²) in [5, 5.41) is 55.7. The summed E-state index contributed by atoms with van der Waals surface area (Å²) >= 11 is 0. The number of rotatable bonds is 14. The zero-order valence-corrected chi connectivity index (χ0v) is 31.3. The number of esters is 3. The van der Waals surface area contributed by atoms with Gasteiger partial charge in [-0.15, -0.1) is 0 Å². The molecule has 292 valence electrons. The average molecular weight is 769 g/mol. The predicted octanol–water partition coefficient (Wildman–Crippen LogP) is 2.61. The molecule has 0 spiro atoms. The Hall–Kier alpha value is -4.03. The summed E-state index contributed by atoms with van der Waals surface area (Å²) < 4.78 is 36.8. The van der Waals surface area contributed by atoms with E-state index >= 15 is 0 Å². The van der Waals surface area contributed by atoms with Gasteiger partial charge in [-0.05, 0) is 54.5 Å². The van der Waals surface area contributed by atoms with Crippen molar-refractivity contribution in [2.75, 3.05) is 13.2 Å². The molecule has 0 aromatic heterocycles. The molecular formula is C39H48O14Si. The van der Waals surface area contributed by atoms with Crippen LogP contribution in [0.4, 0.5) is 0 Å². The SMILES string of the molecule is CC[Si](CC)(CC)OC[C@H]1O[C@](O)(C2O[C@H](CO)[C@@H](O)[C@H](O)[C@H]2O)[C@H](OC(=O)c2ccccc2)[C@@H](OC(=O)c2ccccc2)[C@@H]1OC(=O)c1ccccc1. The highest BCUT2D eigenvalue weighted by Gasteiger charge is 2.67. The third kappa shape index (κ3) is 8.75. The van der Waals surface area contributed by atoms with Gasteiger partial charge >= 0.3 is 17.9 Å². The number of aliphatic hydroxyl groups is 5.